The van der Waals surface area contributed by atoms with Gasteiger partial charge in [-0.2, -0.15) is 0 Å². The van der Waals surface area contributed by atoms with Crippen LogP contribution in [0.2, 0.25) is 0 Å². The number of esters is 1. The van der Waals surface area contributed by atoms with E-state index in [0.717, 1.165) is 50.4 Å². The van der Waals surface area contributed by atoms with Crippen LogP contribution in [0.3, 0.4) is 0 Å². The Labute approximate surface area is 203 Å². The zero-order valence-electron chi connectivity index (χ0n) is 19.5. The van der Waals surface area contributed by atoms with Gasteiger partial charge >= 0.3 is 11.9 Å². The van der Waals surface area contributed by atoms with Gasteiger partial charge in [0.15, 0.2) is 5.92 Å². The number of aliphatic carboxylic acids is 1. The van der Waals surface area contributed by atoms with Gasteiger partial charge in [0, 0.05) is 11.5 Å². The number of benzene rings is 3. The van der Waals surface area contributed by atoms with Crippen LogP contribution < -0.4 is 0 Å². The number of ether oxygens (including phenoxy) is 1. The van der Waals surface area contributed by atoms with Crippen LogP contribution in [0.5, 0.6) is 0 Å². The molecule has 3 aromatic carbocycles. The maximum absolute atomic E-state index is 12.9. The van der Waals surface area contributed by atoms with Crippen molar-refractivity contribution in [2.24, 2.45) is 5.92 Å². The SMILES string of the molecule is Cc1noc(C)c1-c1ccc(C[C@@H](C(=O)O)C(=O)OCC2c3ccccc3-c3ccccc32)cc1. The summed E-state index contributed by atoms with van der Waals surface area (Å²) in [5.41, 5.74) is 7.79. The van der Waals surface area contributed by atoms with Crippen molar-refractivity contribution in [1.82, 2.24) is 5.16 Å². The highest BCUT2D eigenvalue weighted by Gasteiger charge is 2.32. The van der Waals surface area contributed by atoms with Crippen molar-refractivity contribution >= 4 is 11.9 Å². The summed E-state index contributed by atoms with van der Waals surface area (Å²) in [6.45, 7) is 3.82. The van der Waals surface area contributed by atoms with Crippen LogP contribution in [0.25, 0.3) is 22.3 Å². The molecule has 4 aromatic rings. The molecule has 0 radical (unpaired) electrons. The van der Waals surface area contributed by atoms with Crippen LogP contribution in [-0.4, -0.2) is 28.8 Å². The van der Waals surface area contributed by atoms with E-state index in [2.05, 4.69) is 17.3 Å². The van der Waals surface area contributed by atoms with Crippen LogP contribution in [0.1, 0.15) is 34.1 Å². The Kier molecular flexibility index (Phi) is 5.95. The van der Waals surface area contributed by atoms with Crippen LogP contribution in [0.15, 0.2) is 77.3 Å². The van der Waals surface area contributed by atoms with Crippen molar-refractivity contribution in [3.63, 3.8) is 0 Å². The lowest BCUT2D eigenvalue weighted by molar-refractivity contribution is -0.158. The molecule has 0 bridgehead atoms. The van der Waals surface area contributed by atoms with Gasteiger partial charge in [0.05, 0.1) is 5.69 Å². The zero-order chi connectivity index (χ0) is 24.5. The first-order chi connectivity index (χ1) is 16.9. The van der Waals surface area contributed by atoms with E-state index in [4.69, 9.17) is 9.26 Å². The molecule has 35 heavy (non-hydrogen) atoms. The Morgan fingerprint density at radius 2 is 1.54 bits per heavy atom. The van der Waals surface area contributed by atoms with Gasteiger partial charge in [-0.1, -0.05) is 78.0 Å². The predicted octanol–water partition coefficient (Wildman–Crippen LogP) is 5.56. The highest BCUT2D eigenvalue weighted by atomic mass is 16.5. The van der Waals surface area contributed by atoms with E-state index < -0.39 is 17.9 Å². The van der Waals surface area contributed by atoms with Crippen molar-refractivity contribution in [3.8, 4) is 22.3 Å². The second-order valence-electron chi connectivity index (χ2n) is 8.85. The minimum atomic E-state index is -1.29. The number of hydrogen-bond donors (Lipinski definition) is 1. The zero-order valence-corrected chi connectivity index (χ0v) is 19.5. The molecule has 0 spiro atoms. The normalized spacial score (nSPS) is 13.2. The average Bonchev–Trinajstić information content (AvgIpc) is 3.37. The van der Waals surface area contributed by atoms with E-state index >= 15 is 0 Å². The van der Waals surface area contributed by atoms with Crippen molar-refractivity contribution in [2.75, 3.05) is 6.61 Å². The highest BCUT2D eigenvalue weighted by molar-refractivity contribution is 5.94. The largest absolute Gasteiger partial charge is 0.481 e. The summed E-state index contributed by atoms with van der Waals surface area (Å²) in [4.78, 5) is 24.8. The number of carboxylic acid groups (broad SMARTS) is 1. The van der Waals surface area contributed by atoms with Gasteiger partial charge in [-0.25, -0.2) is 0 Å². The van der Waals surface area contributed by atoms with Gasteiger partial charge in [-0.15, -0.1) is 0 Å². The van der Waals surface area contributed by atoms with Crippen molar-refractivity contribution in [3.05, 3.63) is 101 Å². The molecule has 1 N–H and O–H groups in total. The number of aryl methyl sites for hydroxylation is 2. The molecule has 0 saturated carbocycles. The molecule has 5 rings (SSSR count). The van der Waals surface area contributed by atoms with E-state index in [1.807, 2.05) is 74.5 Å². The first-order valence-corrected chi connectivity index (χ1v) is 11.5. The predicted molar refractivity (Wildman–Crippen MR) is 131 cm³/mol. The number of hydrogen-bond acceptors (Lipinski definition) is 5. The van der Waals surface area contributed by atoms with Crippen LogP contribution in [0.4, 0.5) is 0 Å². The Bertz CT molecular complexity index is 1340. The van der Waals surface area contributed by atoms with Crippen LogP contribution in [-0.2, 0) is 20.7 Å². The number of fused-ring (bicyclic) bond motifs is 3. The van der Waals surface area contributed by atoms with Gasteiger partial charge in [0.1, 0.15) is 12.4 Å². The van der Waals surface area contributed by atoms with Gasteiger partial charge in [-0.05, 0) is 53.6 Å². The van der Waals surface area contributed by atoms with Crippen molar-refractivity contribution < 1.29 is 24.0 Å². The standard InChI is InChI=1S/C29H25NO5/c1-17-27(18(2)35-30-17)20-13-11-19(12-14-20)15-25(28(31)32)29(33)34-16-26-23-9-5-3-7-21(23)22-8-4-6-10-24(22)26/h3-14,25-26H,15-16H2,1-2H3,(H,31,32)/t25-/m0/s1. The van der Waals surface area contributed by atoms with E-state index in [1.165, 1.54) is 0 Å². The third-order valence-corrected chi connectivity index (χ3v) is 6.65. The molecule has 1 aromatic heterocycles. The number of carboxylic acids is 1. The molecule has 6 heteroatoms. The van der Waals surface area contributed by atoms with Gasteiger partial charge in [-0.3, -0.25) is 9.59 Å². The number of rotatable bonds is 7. The summed E-state index contributed by atoms with van der Waals surface area (Å²) in [6.07, 6.45) is 0.0495. The summed E-state index contributed by atoms with van der Waals surface area (Å²) >= 11 is 0. The molecule has 1 aliphatic rings. The van der Waals surface area contributed by atoms with Crippen molar-refractivity contribution in [1.29, 1.82) is 0 Å². The molecule has 0 saturated heterocycles. The van der Waals surface area contributed by atoms with E-state index in [0.29, 0.717) is 0 Å². The average molecular weight is 468 g/mol. The molecule has 0 aliphatic heterocycles. The molecule has 0 fully saturated rings. The van der Waals surface area contributed by atoms with E-state index in [-0.39, 0.29) is 18.9 Å². The number of nitrogens with zero attached hydrogens (tertiary/aromatic N) is 1. The number of carbonyl (C=O) groups excluding carboxylic acids is 1. The first kappa shape index (κ1) is 22.6. The fourth-order valence-electron chi connectivity index (χ4n) is 4.92. The summed E-state index contributed by atoms with van der Waals surface area (Å²) in [5.74, 6) is -2.61. The third-order valence-electron chi connectivity index (χ3n) is 6.65. The molecule has 1 atom stereocenters. The molecule has 0 unspecified atom stereocenters. The molecular formula is C29H25NO5. The molecule has 1 heterocycles. The number of aromatic nitrogens is 1. The second kappa shape index (κ2) is 9.22. The Hall–Kier alpha value is -4.19. The highest BCUT2D eigenvalue weighted by Crippen LogP contribution is 2.44. The summed E-state index contributed by atoms with van der Waals surface area (Å²) < 4.78 is 10.8. The Balaban J connectivity index is 1.30. The molecular weight excluding hydrogens is 442 g/mol. The van der Waals surface area contributed by atoms with Gasteiger partial charge in [0.25, 0.3) is 0 Å². The quantitative estimate of drug-likeness (QED) is 0.283. The molecule has 0 amide bonds. The van der Waals surface area contributed by atoms with Crippen LogP contribution >= 0.6 is 0 Å². The summed E-state index contributed by atoms with van der Waals surface area (Å²) in [7, 11) is 0. The Morgan fingerprint density at radius 1 is 0.943 bits per heavy atom. The van der Waals surface area contributed by atoms with E-state index in [9.17, 15) is 14.7 Å². The molecule has 6 nitrogen and oxygen atoms in total. The minimum Gasteiger partial charge on any atom is -0.481 e. The lowest BCUT2D eigenvalue weighted by atomic mass is 9.96. The topological polar surface area (TPSA) is 89.6 Å². The van der Waals surface area contributed by atoms with E-state index in [1.54, 1.807) is 0 Å². The Morgan fingerprint density at radius 3 is 2.09 bits per heavy atom. The monoisotopic (exact) mass is 467 g/mol. The van der Waals surface area contributed by atoms with Crippen LogP contribution in [0, 0.1) is 19.8 Å². The maximum atomic E-state index is 12.9. The molecule has 176 valence electrons. The smallest absolute Gasteiger partial charge is 0.320 e. The third kappa shape index (κ3) is 4.23. The molecule has 1 aliphatic carbocycles. The fraction of sp³-hybridized carbons (Fsp3) is 0.207. The van der Waals surface area contributed by atoms with Crippen molar-refractivity contribution in [2.45, 2.75) is 26.2 Å². The minimum absolute atomic E-state index is 0.0495. The second-order valence-corrected chi connectivity index (χ2v) is 8.85. The first-order valence-electron chi connectivity index (χ1n) is 11.5. The summed E-state index contributed by atoms with van der Waals surface area (Å²) in [6, 6.07) is 23.5. The van der Waals surface area contributed by atoms with Gasteiger partial charge < -0.3 is 14.4 Å². The number of carbonyl (C=O) groups is 2. The maximum Gasteiger partial charge on any atom is 0.320 e. The lowest BCUT2D eigenvalue weighted by Gasteiger charge is -2.17. The van der Waals surface area contributed by atoms with Gasteiger partial charge in [0.2, 0.25) is 0 Å². The fourth-order valence-corrected chi connectivity index (χ4v) is 4.92. The lowest BCUT2D eigenvalue weighted by Crippen LogP contribution is -2.29. The summed E-state index contributed by atoms with van der Waals surface area (Å²) in [5, 5.41) is 13.7.